The summed E-state index contributed by atoms with van der Waals surface area (Å²) in [6.45, 7) is 7.97. The van der Waals surface area contributed by atoms with Crippen molar-refractivity contribution >= 4 is 60.4 Å². The van der Waals surface area contributed by atoms with Crippen molar-refractivity contribution in [1.29, 1.82) is 0 Å². The molecule has 3 aromatic rings. The number of carbonyl (C=O) groups is 6. The molecule has 0 radical (unpaired) electrons. The van der Waals surface area contributed by atoms with Gasteiger partial charge in [-0.15, -0.1) is 24.8 Å². The lowest BCUT2D eigenvalue weighted by Crippen LogP contribution is -2.82. The van der Waals surface area contributed by atoms with Crippen molar-refractivity contribution in [2.24, 2.45) is 16.7 Å². The number of aliphatic hydroxyl groups is 3. The van der Waals surface area contributed by atoms with Crippen LogP contribution in [0.5, 0.6) is 0 Å². The SMILES string of the molecule is CC(=O)O[C@H]1C(=O)[C@@]2(C)[C@H]([C@H](OC(=O)c3ccccc3)[C@]3(O)C[C@H](OC(=O)[C@H](O)[C@@H](NC(=O)c4ccccc4)c4ccccc4)C(C)=C1C3(C)C)[C@]1(OC(C)=O)CO[C@@H]1C[C@@H]2O.Cl.Cl.O.O. The summed E-state index contributed by atoms with van der Waals surface area (Å²) in [6, 6.07) is 22.9. The highest BCUT2D eigenvalue weighted by atomic mass is 35.5. The van der Waals surface area contributed by atoms with Crippen molar-refractivity contribution in [1.82, 2.24) is 5.32 Å². The van der Waals surface area contributed by atoms with E-state index in [9.17, 15) is 39.3 Å². The number of Topliss-reactive ketones (excluding diaryl/α,β-unsaturated/α-hetero) is 1. The Hall–Kier alpha value is -5.24. The van der Waals surface area contributed by atoms with Crippen molar-refractivity contribution in [3.05, 3.63) is 119 Å². The Bertz CT molecular complexity index is 2300. The van der Waals surface area contributed by atoms with Gasteiger partial charge in [0.25, 0.3) is 5.91 Å². The first-order valence-corrected chi connectivity index (χ1v) is 20.5. The van der Waals surface area contributed by atoms with Gasteiger partial charge in [0.1, 0.15) is 23.9 Å². The number of carbonyl (C=O) groups excluding carboxylic acids is 6. The summed E-state index contributed by atoms with van der Waals surface area (Å²) in [6.07, 6.45) is -10.5. The van der Waals surface area contributed by atoms with Gasteiger partial charge in [-0.05, 0) is 54.8 Å². The number of ether oxygens (including phenoxy) is 5. The molecule has 1 amide bonds. The molecule has 19 heteroatoms. The first kappa shape index (κ1) is 55.1. The van der Waals surface area contributed by atoms with Crippen molar-refractivity contribution in [3.63, 3.8) is 0 Å². The van der Waals surface area contributed by atoms with E-state index in [1.807, 2.05) is 0 Å². The predicted octanol–water partition coefficient (Wildman–Crippen LogP) is 2.93. The van der Waals surface area contributed by atoms with Crippen LogP contribution in [0.15, 0.2) is 102 Å². The Morgan fingerprint density at radius 1 is 0.803 bits per heavy atom. The quantitative estimate of drug-likeness (QED) is 0.129. The summed E-state index contributed by atoms with van der Waals surface area (Å²) in [5.74, 6) is -6.84. The van der Waals surface area contributed by atoms with E-state index in [0.717, 1.165) is 13.8 Å². The molecule has 17 nitrogen and oxygen atoms in total. The van der Waals surface area contributed by atoms with Crippen LogP contribution in [-0.2, 0) is 42.9 Å². The fourth-order valence-corrected chi connectivity index (χ4v) is 10.2. The third-order valence-corrected chi connectivity index (χ3v) is 13.5. The number of aliphatic hydroxyl groups excluding tert-OH is 2. The highest BCUT2D eigenvalue weighted by Gasteiger charge is 2.78. The van der Waals surface area contributed by atoms with E-state index in [1.165, 1.54) is 26.0 Å². The third kappa shape index (κ3) is 9.23. The summed E-state index contributed by atoms with van der Waals surface area (Å²) in [4.78, 5) is 83.5. The average Bonchev–Trinajstić information content (AvgIpc) is 3.24. The second-order valence-electron chi connectivity index (χ2n) is 17.4. The van der Waals surface area contributed by atoms with Gasteiger partial charge in [0.15, 0.2) is 23.6 Å². The first-order valence-electron chi connectivity index (χ1n) is 20.5. The van der Waals surface area contributed by atoms with Gasteiger partial charge in [-0.3, -0.25) is 19.2 Å². The topological polar surface area (TPSA) is 284 Å². The number of nitrogens with one attached hydrogen (secondary N) is 1. The monoisotopic (exact) mass is 961 g/mol. The van der Waals surface area contributed by atoms with Gasteiger partial charge in [-0.1, -0.05) is 80.6 Å². The van der Waals surface area contributed by atoms with Crippen LogP contribution in [0.25, 0.3) is 0 Å². The minimum Gasteiger partial charge on any atom is -0.456 e. The second-order valence-corrected chi connectivity index (χ2v) is 17.4. The number of hydrogen-bond donors (Lipinski definition) is 4. The minimum atomic E-state index is -2.39. The Balaban J connectivity index is 0.00000289. The highest BCUT2D eigenvalue weighted by molar-refractivity contribution is 5.96. The van der Waals surface area contributed by atoms with Crippen LogP contribution >= 0.6 is 24.8 Å². The van der Waals surface area contributed by atoms with Crippen LogP contribution in [0.1, 0.15) is 86.7 Å². The van der Waals surface area contributed by atoms with Crippen molar-refractivity contribution in [2.75, 3.05) is 6.61 Å². The number of esters is 4. The van der Waals surface area contributed by atoms with Crippen LogP contribution in [0.3, 0.4) is 0 Å². The van der Waals surface area contributed by atoms with Gasteiger partial charge in [0.05, 0.1) is 35.6 Å². The summed E-state index contributed by atoms with van der Waals surface area (Å²) in [5.41, 5.74) is -7.02. The van der Waals surface area contributed by atoms with Gasteiger partial charge in [0.2, 0.25) is 0 Å². The summed E-state index contributed by atoms with van der Waals surface area (Å²) in [7, 11) is 0. The second kappa shape index (κ2) is 20.7. The molecule has 3 fully saturated rings. The lowest BCUT2D eigenvalue weighted by atomic mass is 9.44. The summed E-state index contributed by atoms with van der Waals surface area (Å²) < 4.78 is 30.3. The molecule has 360 valence electrons. The van der Waals surface area contributed by atoms with E-state index in [1.54, 1.807) is 92.7 Å². The zero-order valence-electron chi connectivity index (χ0n) is 37.0. The van der Waals surface area contributed by atoms with Gasteiger partial charge in [0, 0.05) is 37.7 Å². The predicted molar refractivity (Wildman–Crippen MR) is 239 cm³/mol. The summed E-state index contributed by atoms with van der Waals surface area (Å²) in [5, 5.41) is 40.2. The molecule has 0 spiro atoms. The van der Waals surface area contributed by atoms with Gasteiger partial charge in [-0.2, -0.15) is 0 Å². The zero-order chi connectivity index (χ0) is 44.9. The van der Waals surface area contributed by atoms with Gasteiger partial charge < -0.3 is 55.3 Å². The molecule has 1 saturated heterocycles. The molecule has 1 heterocycles. The lowest BCUT2D eigenvalue weighted by molar-refractivity contribution is -0.346. The van der Waals surface area contributed by atoms with E-state index >= 15 is 4.79 Å². The molecular weight excluding hydrogens is 905 g/mol. The van der Waals surface area contributed by atoms with E-state index in [-0.39, 0.29) is 71.1 Å². The number of benzene rings is 3. The fourth-order valence-electron chi connectivity index (χ4n) is 10.2. The molecule has 2 saturated carbocycles. The average molecular weight is 963 g/mol. The number of halogens is 2. The lowest BCUT2D eigenvalue weighted by Gasteiger charge is -2.67. The smallest absolute Gasteiger partial charge is 0.338 e. The van der Waals surface area contributed by atoms with Crippen LogP contribution in [-0.4, -0.2) is 116 Å². The molecule has 3 aromatic carbocycles. The molecule has 0 aromatic heterocycles. The molecule has 8 N–H and O–H groups in total. The number of rotatable bonds is 10. The maximum atomic E-state index is 15.5. The molecule has 4 aliphatic rings. The number of ketones is 1. The van der Waals surface area contributed by atoms with E-state index in [2.05, 4.69) is 5.32 Å². The maximum Gasteiger partial charge on any atom is 0.338 e. The third-order valence-electron chi connectivity index (χ3n) is 13.5. The van der Waals surface area contributed by atoms with Gasteiger partial charge in [-0.25, -0.2) is 9.59 Å². The molecule has 1 aliphatic heterocycles. The van der Waals surface area contributed by atoms with Crippen LogP contribution in [0, 0.1) is 16.7 Å². The van der Waals surface area contributed by atoms with Gasteiger partial charge >= 0.3 is 23.9 Å². The van der Waals surface area contributed by atoms with E-state index < -0.39 is 113 Å². The van der Waals surface area contributed by atoms with Crippen LogP contribution in [0.2, 0.25) is 0 Å². The molecule has 0 unspecified atom stereocenters. The van der Waals surface area contributed by atoms with Crippen molar-refractivity contribution < 1.29 is 78.7 Å². The normalized spacial score (nSPS) is 29.9. The fraction of sp³-hybridized carbons (Fsp3) is 0.447. The van der Waals surface area contributed by atoms with E-state index in [0.29, 0.717) is 5.56 Å². The van der Waals surface area contributed by atoms with E-state index in [4.69, 9.17) is 23.7 Å². The Kier molecular flexibility index (Phi) is 17.3. The molecule has 3 aliphatic carbocycles. The number of fused-ring (bicyclic) bond motifs is 5. The summed E-state index contributed by atoms with van der Waals surface area (Å²) >= 11 is 0. The van der Waals surface area contributed by atoms with Crippen molar-refractivity contribution in [2.45, 2.75) is 108 Å². The molecule has 11 atom stereocenters. The number of hydrogen-bond acceptors (Lipinski definition) is 14. The van der Waals surface area contributed by atoms with Crippen LogP contribution < -0.4 is 5.32 Å². The highest BCUT2D eigenvalue weighted by Crippen LogP contribution is 2.64. The maximum absolute atomic E-state index is 15.5. The molecule has 66 heavy (non-hydrogen) atoms. The Morgan fingerprint density at radius 3 is 1.86 bits per heavy atom. The number of amides is 1. The molecular formula is C47H57Cl2NO16. The Labute approximate surface area is 393 Å². The first-order chi connectivity index (χ1) is 29.3. The largest absolute Gasteiger partial charge is 0.456 e. The standard InChI is InChI=1S/C47H51NO14.2ClH.2H2O/c1-25-31(60-43(56)36(52)35(28-16-10-7-11-17-28)48-41(54)29-18-12-8-13-19-29)23-47(57)40(61-42(55)30-20-14-9-15-21-30)38-45(6,32(51)22-33-46(38,24-58-33)62-27(3)50)39(53)37(59-26(2)49)34(25)44(47,4)5;;;;/h7-21,31-33,35-38,40,51-52,57H,22-24H2,1-6H3,(H,48,54);2*1H;2*1H2/t31-,32-,33+,35-,36+,37+,38-,40-,45+,46-,47+;;;;/m0..../s1. The minimum absolute atomic E-state index is 0. The Morgan fingerprint density at radius 2 is 1.35 bits per heavy atom. The molecule has 2 bridgehead atoms. The van der Waals surface area contributed by atoms with Crippen LogP contribution in [0.4, 0.5) is 0 Å². The van der Waals surface area contributed by atoms with Crippen molar-refractivity contribution in [3.8, 4) is 0 Å². The zero-order valence-corrected chi connectivity index (χ0v) is 38.7. The molecule has 7 rings (SSSR count).